The minimum absolute atomic E-state index is 0.671. The summed E-state index contributed by atoms with van der Waals surface area (Å²) in [5.41, 5.74) is 7.58. The van der Waals surface area contributed by atoms with E-state index in [4.69, 9.17) is 0 Å². The molecular weight excluding hydrogens is 278 g/mol. The molecule has 23 heavy (non-hydrogen) atoms. The van der Waals surface area contributed by atoms with Gasteiger partial charge < -0.3 is 4.57 Å². The Morgan fingerprint density at radius 1 is 1.04 bits per heavy atom. The van der Waals surface area contributed by atoms with Crippen LogP contribution in [-0.2, 0) is 25.8 Å². The van der Waals surface area contributed by atoms with E-state index >= 15 is 0 Å². The number of rotatable bonds is 3. The molecule has 0 spiro atoms. The zero-order valence-corrected chi connectivity index (χ0v) is 14.2. The highest BCUT2D eigenvalue weighted by atomic mass is 15.0. The van der Waals surface area contributed by atoms with Crippen molar-refractivity contribution in [3.05, 3.63) is 70.9 Å². The van der Waals surface area contributed by atoms with Crippen LogP contribution in [0.1, 0.15) is 48.6 Å². The number of aromatic nitrogens is 1. The number of benzene rings is 2. The Labute approximate surface area is 139 Å². The molecule has 0 saturated carbocycles. The Kier molecular flexibility index (Phi) is 3.72. The number of hydrogen-bond donors (Lipinski definition) is 0. The van der Waals surface area contributed by atoms with Crippen molar-refractivity contribution in [1.29, 1.82) is 0 Å². The molecule has 1 heteroatoms. The van der Waals surface area contributed by atoms with Gasteiger partial charge in [0.05, 0.1) is 0 Å². The van der Waals surface area contributed by atoms with Gasteiger partial charge in [-0.05, 0) is 67.3 Å². The molecule has 0 bridgehead atoms. The molecule has 118 valence electrons. The minimum atomic E-state index is 0.671. The number of fused-ring (bicyclic) bond motifs is 3. The Morgan fingerprint density at radius 2 is 1.87 bits per heavy atom. The highest BCUT2D eigenvalue weighted by molar-refractivity contribution is 5.86. The second kappa shape index (κ2) is 5.88. The van der Waals surface area contributed by atoms with Crippen LogP contribution in [0.4, 0.5) is 0 Å². The summed E-state index contributed by atoms with van der Waals surface area (Å²) < 4.78 is 2.55. The van der Waals surface area contributed by atoms with E-state index < -0.39 is 0 Å². The predicted octanol–water partition coefficient (Wildman–Crippen LogP) is 5.50. The van der Waals surface area contributed by atoms with Crippen LogP contribution in [0.5, 0.6) is 0 Å². The summed E-state index contributed by atoms with van der Waals surface area (Å²) in [5, 5.41) is 1.50. The summed E-state index contributed by atoms with van der Waals surface area (Å²) in [7, 11) is 0. The molecule has 3 aromatic rings. The van der Waals surface area contributed by atoms with Crippen molar-refractivity contribution in [2.75, 3.05) is 0 Å². The lowest BCUT2D eigenvalue weighted by molar-refractivity contribution is 0.559. The van der Waals surface area contributed by atoms with Crippen LogP contribution in [0.3, 0.4) is 0 Å². The van der Waals surface area contributed by atoms with Gasteiger partial charge in [-0.3, -0.25) is 0 Å². The van der Waals surface area contributed by atoms with E-state index in [-0.39, 0.29) is 0 Å². The van der Waals surface area contributed by atoms with E-state index in [1.807, 2.05) is 0 Å². The Hall–Kier alpha value is -2.02. The smallest absolute Gasteiger partial charge is 0.0485 e. The van der Waals surface area contributed by atoms with E-state index in [0.717, 1.165) is 13.0 Å². The third-order valence-electron chi connectivity index (χ3n) is 5.53. The van der Waals surface area contributed by atoms with E-state index in [1.54, 1.807) is 11.3 Å². The van der Waals surface area contributed by atoms with Gasteiger partial charge in [0.15, 0.2) is 0 Å². The normalized spacial score (nSPS) is 17.4. The standard InChI is InChI=1S/C22H25N/c1-3-16-10-12-21-19(14-16)20-15-18(17-8-6-5-7-9-17)11-13-22(20)23(21)4-2/h5-10,12,14,18H,3-4,11,13,15H2,1-2H3. The van der Waals surface area contributed by atoms with Crippen LogP contribution in [0.25, 0.3) is 10.9 Å². The number of aryl methyl sites for hydroxylation is 2. The molecule has 2 aromatic carbocycles. The zero-order chi connectivity index (χ0) is 15.8. The van der Waals surface area contributed by atoms with Crippen LogP contribution in [-0.4, -0.2) is 4.57 Å². The number of nitrogens with zero attached hydrogens (tertiary/aromatic N) is 1. The lowest BCUT2D eigenvalue weighted by Gasteiger charge is -2.24. The van der Waals surface area contributed by atoms with Gasteiger partial charge in [0.1, 0.15) is 0 Å². The van der Waals surface area contributed by atoms with Crippen LogP contribution < -0.4 is 0 Å². The van der Waals surface area contributed by atoms with Gasteiger partial charge in [-0.2, -0.15) is 0 Å². The monoisotopic (exact) mass is 303 g/mol. The van der Waals surface area contributed by atoms with E-state index in [2.05, 4.69) is 66.9 Å². The third-order valence-corrected chi connectivity index (χ3v) is 5.53. The first-order valence-electron chi connectivity index (χ1n) is 8.99. The molecule has 0 saturated heterocycles. The van der Waals surface area contributed by atoms with Crippen molar-refractivity contribution >= 4 is 10.9 Å². The predicted molar refractivity (Wildman–Crippen MR) is 98.2 cm³/mol. The van der Waals surface area contributed by atoms with Gasteiger partial charge in [0.2, 0.25) is 0 Å². The third kappa shape index (κ3) is 2.39. The molecule has 0 amide bonds. The molecule has 0 fully saturated rings. The van der Waals surface area contributed by atoms with Crippen LogP contribution in [0, 0.1) is 0 Å². The highest BCUT2D eigenvalue weighted by Crippen LogP contribution is 2.38. The van der Waals surface area contributed by atoms with Crippen molar-refractivity contribution in [2.45, 2.75) is 52.0 Å². The van der Waals surface area contributed by atoms with Gasteiger partial charge in [-0.1, -0.05) is 43.3 Å². The highest BCUT2D eigenvalue weighted by Gasteiger charge is 2.25. The first kappa shape index (κ1) is 14.6. The fourth-order valence-electron chi connectivity index (χ4n) is 4.29. The molecule has 1 nitrogen and oxygen atoms in total. The molecule has 4 rings (SSSR count). The van der Waals surface area contributed by atoms with Gasteiger partial charge >= 0.3 is 0 Å². The molecule has 1 unspecified atom stereocenters. The Morgan fingerprint density at radius 3 is 2.61 bits per heavy atom. The molecular formula is C22H25N. The van der Waals surface area contributed by atoms with Crippen LogP contribution >= 0.6 is 0 Å². The van der Waals surface area contributed by atoms with E-state index in [0.29, 0.717) is 5.92 Å². The summed E-state index contributed by atoms with van der Waals surface area (Å²) in [6.07, 6.45) is 4.78. The molecule has 1 aliphatic rings. The van der Waals surface area contributed by atoms with Crippen LogP contribution in [0.2, 0.25) is 0 Å². The average Bonchev–Trinajstić information content (AvgIpc) is 2.94. The quantitative estimate of drug-likeness (QED) is 0.602. The maximum absolute atomic E-state index is 2.55. The molecule has 1 aromatic heterocycles. The maximum Gasteiger partial charge on any atom is 0.0485 e. The first-order valence-corrected chi connectivity index (χ1v) is 8.99. The van der Waals surface area contributed by atoms with Crippen molar-refractivity contribution in [1.82, 2.24) is 4.57 Å². The molecule has 0 radical (unpaired) electrons. The van der Waals surface area contributed by atoms with Crippen molar-refractivity contribution in [3.8, 4) is 0 Å². The van der Waals surface area contributed by atoms with E-state index in [9.17, 15) is 0 Å². The van der Waals surface area contributed by atoms with Gasteiger partial charge in [0, 0.05) is 23.1 Å². The Bertz CT molecular complexity index is 826. The van der Waals surface area contributed by atoms with Crippen molar-refractivity contribution in [3.63, 3.8) is 0 Å². The average molecular weight is 303 g/mol. The van der Waals surface area contributed by atoms with Crippen molar-refractivity contribution < 1.29 is 0 Å². The lowest BCUT2D eigenvalue weighted by atomic mass is 9.82. The van der Waals surface area contributed by atoms with Gasteiger partial charge in [-0.25, -0.2) is 0 Å². The van der Waals surface area contributed by atoms with Gasteiger partial charge in [-0.15, -0.1) is 0 Å². The summed E-state index contributed by atoms with van der Waals surface area (Å²) in [4.78, 5) is 0. The molecule has 1 aliphatic carbocycles. The SMILES string of the molecule is CCc1ccc2c(c1)c1c(n2CC)CCC(c2ccccc2)C1. The van der Waals surface area contributed by atoms with E-state index in [1.165, 1.54) is 41.3 Å². The Balaban J connectivity index is 1.83. The molecule has 1 heterocycles. The summed E-state index contributed by atoms with van der Waals surface area (Å²) in [6.45, 7) is 5.60. The number of hydrogen-bond acceptors (Lipinski definition) is 0. The second-order valence-corrected chi connectivity index (χ2v) is 6.72. The fraction of sp³-hybridized carbons (Fsp3) is 0.364. The molecule has 0 N–H and O–H groups in total. The zero-order valence-electron chi connectivity index (χ0n) is 14.2. The largest absolute Gasteiger partial charge is 0.345 e. The first-order chi connectivity index (χ1) is 11.3. The summed E-state index contributed by atoms with van der Waals surface area (Å²) >= 11 is 0. The lowest BCUT2D eigenvalue weighted by Crippen LogP contribution is -2.14. The fourth-order valence-corrected chi connectivity index (χ4v) is 4.29. The van der Waals surface area contributed by atoms with Crippen LogP contribution in [0.15, 0.2) is 48.5 Å². The van der Waals surface area contributed by atoms with Gasteiger partial charge in [0.25, 0.3) is 0 Å². The summed E-state index contributed by atoms with van der Waals surface area (Å²) in [6, 6.07) is 18.1. The summed E-state index contributed by atoms with van der Waals surface area (Å²) in [5.74, 6) is 0.671. The second-order valence-electron chi connectivity index (χ2n) is 6.72. The molecule has 0 aliphatic heterocycles. The minimum Gasteiger partial charge on any atom is -0.345 e. The topological polar surface area (TPSA) is 4.93 Å². The van der Waals surface area contributed by atoms with Crippen molar-refractivity contribution in [2.24, 2.45) is 0 Å². The molecule has 1 atom stereocenters. The maximum atomic E-state index is 2.55.